The molecule has 1 aliphatic rings. The second-order valence-electron chi connectivity index (χ2n) is 4.70. The number of rotatable bonds is 3. The van der Waals surface area contributed by atoms with E-state index in [4.69, 9.17) is 11.6 Å². The quantitative estimate of drug-likeness (QED) is 0.860. The summed E-state index contributed by atoms with van der Waals surface area (Å²) in [4.78, 5) is 2.07. The van der Waals surface area contributed by atoms with Crippen LogP contribution in [0.25, 0.3) is 0 Å². The summed E-state index contributed by atoms with van der Waals surface area (Å²) in [5.74, 6) is 0. The largest absolute Gasteiger partial charge is 0.416 e. The molecule has 1 atom stereocenters. The fraction of sp³-hybridized carbons (Fsp3) is 0.429. The van der Waals surface area contributed by atoms with Gasteiger partial charge in [0.25, 0.3) is 0 Å². The Morgan fingerprint density at radius 2 is 1.95 bits per heavy atom. The van der Waals surface area contributed by atoms with Gasteiger partial charge >= 0.3 is 6.18 Å². The van der Waals surface area contributed by atoms with E-state index in [9.17, 15) is 13.2 Å². The average Bonchev–Trinajstić information content (AvgIpc) is 2.41. The van der Waals surface area contributed by atoms with Gasteiger partial charge in [-0.2, -0.15) is 13.2 Å². The molecule has 0 bridgehead atoms. The molecule has 0 aromatic heterocycles. The van der Waals surface area contributed by atoms with E-state index in [2.05, 4.69) is 16.8 Å². The molecule has 0 unspecified atom stereocenters. The molecular formula is C14H16ClF3N2. The smallest absolute Gasteiger partial charge is 0.314 e. The molecule has 1 N–H and O–H groups in total. The van der Waals surface area contributed by atoms with Crippen LogP contribution in [0.4, 0.5) is 13.2 Å². The lowest BCUT2D eigenvalue weighted by Gasteiger charge is -2.34. The normalized spacial score (nSPS) is 18.8. The molecule has 2 nitrogen and oxygen atoms in total. The molecule has 2 rings (SSSR count). The summed E-state index contributed by atoms with van der Waals surface area (Å²) in [5, 5.41) is 3.54. The molecular weight excluding hydrogens is 289 g/mol. The highest BCUT2D eigenvalue weighted by Crippen LogP contribution is 2.35. The molecule has 110 valence electrons. The van der Waals surface area contributed by atoms with E-state index in [1.807, 2.05) is 0 Å². The Morgan fingerprint density at radius 3 is 2.50 bits per heavy atom. The Morgan fingerprint density at radius 1 is 1.30 bits per heavy atom. The van der Waals surface area contributed by atoms with Crippen LogP contribution in [0.5, 0.6) is 0 Å². The van der Waals surface area contributed by atoms with Gasteiger partial charge in [-0.3, -0.25) is 4.90 Å². The van der Waals surface area contributed by atoms with Crippen molar-refractivity contribution < 1.29 is 13.2 Å². The van der Waals surface area contributed by atoms with Crippen LogP contribution in [0.3, 0.4) is 0 Å². The zero-order chi connectivity index (χ0) is 14.8. The van der Waals surface area contributed by atoms with Gasteiger partial charge in [-0.1, -0.05) is 17.7 Å². The van der Waals surface area contributed by atoms with Crippen molar-refractivity contribution in [1.29, 1.82) is 0 Å². The first kappa shape index (κ1) is 15.4. The summed E-state index contributed by atoms with van der Waals surface area (Å²) in [6, 6.07) is 3.13. The molecule has 1 fully saturated rings. The third kappa shape index (κ3) is 3.34. The second kappa shape index (κ2) is 6.16. The number of hydrogen-bond donors (Lipinski definition) is 1. The van der Waals surface area contributed by atoms with Crippen LogP contribution in [-0.4, -0.2) is 31.1 Å². The van der Waals surface area contributed by atoms with Crippen molar-refractivity contribution in [3.63, 3.8) is 0 Å². The van der Waals surface area contributed by atoms with E-state index < -0.39 is 11.7 Å². The Kier molecular flexibility index (Phi) is 4.73. The van der Waals surface area contributed by atoms with Crippen molar-refractivity contribution in [3.05, 3.63) is 47.0 Å². The van der Waals surface area contributed by atoms with E-state index >= 15 is 0 Å². The van der Waals surface area contributed by atoms with E-state index in [1.54, 1.807) is 6.08 Å². The number of benzene rings is 1. The predicted octanol–water partition coefficient (Wildman–Crippen LogP) is 3.49. The van der Waals surface area contributed by atoms with Crippen molar-refractivity contribution in [2.75, 3.05) is 26.2 Å². The predicted molar refractivity (Wildman–Crippen MR) is 73.8 cm³/mol. The minimum absolute atomic E-state index is 0.299. The van der Waals surface area contributed by atoms with E-state index in [0.29, 0.717) is 10.6 Å². The number of nitrogens with one attached hydrogen (secondary N) is 1. The SMILES string of the molecule is C=C[C@@H](c1cc(C(F)(F)F)ccc1Cl)N1CCNCC1. The van der Waals surface area contributed by atoms with Crippen molar-refractivity contribution in [2.45, 2.75) is 12.2 Å². The van der Waals surface area contributed by atoms with Gasteiger partial charge in [-0.25, -0.2) is 0 Å². The lowest BCUT2D eigenvalue weighted by Crippen LogP contribution is -2.44. The molecule has 0 spiro atoms. The Balaban J connectivity index is 2.35. The first-order valence-corrected chi connectivity index (χ1v) is 6.75. The fourth-order valence-electron chi connectivity index (χ4n) is 2.38. The van der Waals surface area contributed by atoms with Crippen molar-refractivity contribution >= 4 is 11.6 Å². The molecule has 1 saturated heterocycles. The Bertz CT molecular complexity index is 482. The highest BCUT2D eigenvalue weighted by Gasteiger charge is 2.32. The molecule has 1 aromatic rings. The number of alkyl halides is 3. The molecule has 1 heterocycles. The lowest BCUT2D eigenvalue weighted by atomic mass is 10.0. The third-order valence-electron chi connectivity index (χ3n) is 3.41. The molecule has 0 amide bonds. The topological polar surface area (TPSA) is 15.3 Å². The number of hydrogen-bond acceptors (Lipinski definition) is 2. The Hall–Kier alpha value is -1.04. The number of halogens is 4. The van der Waals surface area contributed by atoms with Crippen LogP contribution >= 0.6 is 11.6 Å². The standard InChI is InChI=1S/C14H16ClF3N2/c1-2-13(20-7-5-19-6-8-20)11-9-10(14(16,17)18)3-4-12(11)15/h2-4,9,13,19H,1,5-8H2/t13-/m0/s1. The van der Waals surface area contributed by atoms with Gasteiger partial charge in [0.05, 0.1) is 11.6 Å². The minimum Gasteiger partial charge on any atom is -0.314 e. The molecule has 0 aliphatic carbocycles. The summed E-state index contributed by atoms with van der Waals surface area (Å²) in [6.45, 7) is 6.86. The third-order valence-corrected chi connectivity index (χ3v) is 3.75. The first-order valence-electron chi connectivity index (χ1n) is 6.37. The summed E-state index contributed by atoms with van der Waals surface area (Å²) in [5.41, 5.74) is -0.225. The molecule has 0 saturated carbocycles. The fourth-order valence-corrected chi connectivity index (χ4v) is 2.61. The summed E-state index contributed by atoms with van der Waals surface area (Å²) in [7, 11) is 0. The molecule has 0 radical (unpaired) electrons. The van der Waals surface area contributed by atoms with Crippen LogP contribution in [0.1, 0.15) is 17.2 Å². The van der Waals surface area contributed by atoms with Gasteiger partial charge in [0.15, 0.2) is 0 Å². The number of piperazine rings is 1. The highest BCUT2D eigenvalue weighted by molar-refractivity contribution is 6.31. The second-order valence-corrected chi connectivity index (χ2v) is 5.11. The zero-order valence-corrected chi connectivity index (χ0v) is 11.6. The van der Waals surface area contributed by atoms with Crippen LogP contribution in [-0.2, 0) is 6.18 Å². The Labute approximate surface area is 121 Å². The van der Waals surface area contributed by atoms with Gasteiger partial charge in [0, 0.05) is 31.2 Å². The zero-order valence-electron chi connectivity index (χ0n) is 10.9. The van der Waals surface area contributed by atoms with Gasteiger partial charge in [0.2, 0.25) is 0 Å². The van der Waals surface area contributed by atoms with Gasteiger partial charge < -0.3 is 5.32 Å². The van der Waals surface area contributed by atoms with Crippen LogP contribution < -0.4 is 5.32 Å². The average molecular weight is 305 g/mol. The maximum absolute atomic E-state index is 12.8. The van der Waals surface area contributed by atoms with Gasteiger partial charge in [-0.05, 0) is 23.8 Å². The number of nitrogens with zero attached hydrogens (tertiary/aromatic N) is 1. The maximum atomic E-state index is 12.8. The highest BCUT2D eigenvalue weighted by atomic mass is 35.5. The van der Waals surface area contributed by atoms with Gasteiger partial charge in [-0.15, -0.1) is 6.58 Å². The minimum atomic E-state index is -4.37. The van der Waals surface area contributed by atoms with E-state index in [1.165, 1.54) is 6.07 Å². The van der Waals surface area contributed by atoms with E-state index in [0.717, 1.165) is 38.3 Å². The van der Waals surface area contributed by atoms with Crippen molar-refractivity contribution in [2.24, 2.45) is 0 Å². The van der Waals surface area contributed by atoms with Gasteiger partial charge in [0.1, 0.15) is 0 Å². The summed E-state index contributed by atoms with van der Waals surface area (Å²) < 4.78 is 38.4. The monoisotopic (exact) mass is 304 g/mol. The van der Waals surface area contributed by atoms with Crippen molar-refractivity contribution in [3.8, 4) is 0 Å². The van der Waals surface area contributed by atoms with Crippen LogP contribution in [0.2, 0.25) is 5.02 Å². The molecule has 20 heavy (non-hydrogen) atoms. The molecule has 6 heteroatoms. The maximum Gasteiger partial charge on any atom is 0.416 e. The van der Waals surface area contributed by atoms with E-state index in [-0.39, 0.29) is 6.04 Å². The lowest BCUT2D eigenvalue weighted by molar-refractivity contribution is -0.137. The van der Waals surface area contributed by atoms with Crippen LogP contribution in [0.15, 0.2) is 30.9 Å². The van der Waals surface area contributed by atoms with Crippen LogP contribution in [0, 0.1) is 0 Å². The summed E-state index contributed by atoms with van der Waals surface area (Å²) >= 11 is 6.08. The molecule has 1 aliphatic heterocycles. The summed E-state index contributed by atoms with van der Waals surface area (Å²) in [6.07, 6.45) is -2.72. The molecule has 1 aromatic carbocycles. The first-order chi connectivity index (χ1) is 9.43. The van der Waals surface area contributed by atoms with Crippen molar-refractivity contribution in [1.82, 2.24) is 10.2 Å².